The van der Waals surface area contributed by atoms with E-state index in [-0.39, 0.29) is 11.8 Å². The van der Waals surface area contributed by atoms with Gasteiger partial charge in [-0.3, -0.25) is 14.5 Å². The maximum absolute atomic E-state index is 12.2. The number of rotatable bonds is 3. The van der Waals surface area contributed by atoms with E-state index in [4.69, 9.17) is 0 Å². The quantitative estimate of drug-likeness (QED) is 0.785. The molecule has 0 unspecified atom stereocenters. The van der Waals surface area contributed by atoms with Crippen LogP contribution in [0.15, 0.2) is 5.10 Å². The van der Waals surface area contributed by atoms with Crippen LogP contribution in [-0.2, 0) is 9.59 Å². The minimum absolute atomic E-state index is 0.0239. The number of carbonyl (C=O) groups excluding carboxylic acids is 2. The lowest BCUT2D eigenvalue weighted by Crippen LogP contribution is -2.51. The molecule has 0 aromatic rings. The Morgan fingerprint density at radius 2 is 1.95 bits per heavy atom. The van der Waals surface area contributed by atoms with Gasteiger partial charge < -0.3 is 4.90 Å². The van der Waals surface area contributed by atoms with Gasteiger partial charge in [0.2, 0.25) is 5.91 Å². The maximum Gasteiger partial charge on any atom is 0.270 e. The van der Waals surface area contributed by atoms with Crippen LogP contribution in [0.1, 0.15) is 26.7 Å². The maximum atomic E-state index is 12.2. The van der Waals surface area contributed by atoms with E-state index in [0.717, 1.165) is 32.7 Å². The predicted octanol–water partition coefficient (Wildman–Crippen LogP) is 0.0526. The van der Waals surface area contributed by atoms with Crippen LogP contribution in [0, 0.1) is 5.92 Å². The zero-order valence-corrected chi connectivity index (χ0v) is 11.7. The molecule has 1 saturated heterocycles. The predicted molar refractivity (Wildman–Crippen MR) is 72.7 cm³/mol. The molecule has 2 heterocycles. The zero-order chi connectivity index (χ0) is 13.8. The van der Waals surface area contributed by atoms with Crippen molar-refractivity contribution in [2.75, 3.05) is 32.7 Å². The van der Waals surface area contributed by atoms with E-state index in [1.165, 1.54) is 0 Å². The third-order valence-electron chi connectivity index (χ3n) is 3.43. The lowest BCUT2D eigenvalue weighted by atomic mass is 10.1. The Hall–Kier alpha value is -1.43. The zero-order valence-electron chi connectivity index (χ0n) is 11.7. The molecular formula is C13H22N4O2. The minimum atomic E-state index is -0.113. The number of nitrogens with zero attached hydrogens (tertiary/aromatic N) is 3. The van der Waals surface area contributed by atoms with Crippen molar-refractivity contribution in [1.29, 1.82) is 0 Å². The molecule has 0 aliphatic carbocycles. The van der Waals surface area contributed by atoms with Crippen LogP contribution in [0.4, 0.5) is 0 Å². The van der Waals surface area contributed by atoms with Crippen LogP contribution in [0.2, 0.25) is 0 Å². The fraction of sp³-hybridized carbons (Fsp3) is 0.769. The molecule has 2 aliphatic heterocycles. The number of nitrogens with one attached hydrogen (secondary N) is 1. The molecular weight excluding hydrogens is 244 g/mol. The first-order chi connectivity index (χ1) is 9.06. The summed E-state index contributed by atoms with van der Waals surface area (Å²) < 4.78 is 0. The summed E-state index contributed by atoms with van der Waals surface area (Å²) in [7, 11) is 0. The van der Waals surface area contributed by atoms with Crippen LogP contribution < -0.4 is 5.43 Å². The van der Waals surface area contributed by atoms with E-state index in [0.29, 0.717) is 24.5 Å². The highest BCUT2D eigenvalue weighted by Crippen LogP contribution is 2.09. The summed E-state index contributed by atoms with van der Waals surface area (Å²) in [5, 5.41) is 3.87. The Kier molecular flexibility index (Phi) is 4.52. The van der Waals surface area contributed by atoms with Crippen LogP contribution in [0.5, 0.6) is 0 Å². The van der Waals surface area contributed by atoms with Gasteiger partial charge >= 0.3 is 0 Å². The molecule has 0 spiro atoms. The van der Waals surface area contributed by atoms with Gasteiger partial charge in [0.15, 0.2) is 0 Å². The van der Waals surface area contributed by atoms with Gasteiger partial charge in [-0.05, 0) is 5.92 Å². The highest BCUT2D eigenvalue weighted by atomic mass is 16.2. The second-order valence-electron chi connectivity index (χ2n) is 5.58. The summed E-state index contributed by atoms with van der Waals surface area (Å²) in [6.45, 7) is 8.83. The van der Waals surface area contributed by atoms with E-state index in [2.05, 4.69) is 29.3 Å². The van der Waals surface area contributed by atoms with Crippen molar-refractivity contribution in [3.05, 3.63) is 0 Å². The fourth-order valence-electron chi connectivity index (χ4n) is 2.46. The van der Waals surface area contributed by atoms with Crippen molar-refractivity contribution in [3.8, 4) is 0 Å². The molecule has 0 atom stereocenters. The van der Waals surface area contributed by atoms with Gasteiger partial charge in [0.05, 0.1) is 0 Å². The van der Waals surface area contributed by atoms with Crippen LogP contribution in [0.25, 0.3) is 0 Å². The first-order valence-corrected chi connectivity index (χ1v) is 6.93. The van der Waals surface area contributed by atoms with Gasteiger partial charge in [-0.2, -0.15) is 5.10 Å². The van der Waals surface area contributed by atoms with Crippen molar-refractivity contribution < 1.29 is 9.59 Å². The smallest absolute Gasteiger partial charge is 0.270 e. The molecule has 0 saturated carbocycles. The van der Waals surface area contributed by atoms with Gasteiger partial charge in [0, 0.05) is 45.6 Å². The number of piperazine rings is 1. The summed E-state index contributed by atoms with van der Waals surface area (Å²) in [5.74, 6) is 0.516. The summed E-state index contributed by atoms with van der Waals surface area (Å²) >= 11 is 0. The average Bonchev–Trinajstić information content (AvgIpc) is 2.39. The lowest BCUT2D eigenvalue weighted by molar-refractivity contribution is -0.126. The molecule has 2 aliphatic rings. The number of hydrogen-bond acceptors (Lipinski definition) is 4. The van der Waals surface area contributed by atoms with E-state index < -0.39 is 0 Å². The SMILES string of the molecule is CC(C)CN1CCN(C(=O)C2=NNC(=O)CC2)CC1. The van der Waals surface area contributed by atoms with Crippen LogP contribution in [-0.4, -0.2) is 60.0 Å². The molecule has 1 N–H and O–H groups in total. The second kappa shape index (κ2) is 6.14. The van der Waals surface area contributed by atoms with Gasteiger partial charge in [0.1, 0.15) is 5.71 Å². The Balaban J connectivity index is 1.84. The van der Waals surface area contributed by atoms with Crippen molar-refractivity contribution in [2.45, 2.75) is 26.7 Å². The molecule has 0 bridgehead atoms. The van der Waals surface area contributed by atoms with E-state index in [1.54, 1.807) is 0 Å². The summed E-state index contributed by atoms with van der Waals surface area (Å²) in [6, 6.07) is 0. The Bertz CT molecular complexity index is 384. The Labute approximate surface area is 113 Å². The summed E-state index contributed by atoms with van der Waals surface area (Å²) in [5.41, 5.74) is 2.86. The van der Waals surface area contributed by atoms with E-state index >= 15 is 0 Å². The van der Waals surface area contributed by atoms with E-state index in [1.807, 2.05) is 4.90 Å². The number of amides is 2. The Morgan fingerprint density at radius 3 is 2.47 bits per heavy atom. The van der Waals surface area contributed by atoms with Gasteiger partial charge in [-0.1, -0.05) is 13.8 Å². The van der Waals surface area contributed by atoms with Crippen molar-refractivity contribution in [3.63, 3.8) is 0 Å². The monoisotopic (exact) mass is 266 g/mol. The molecule has 0 aromatic carbocycles. The largest absolute Gasteiger partial charge is 0.335 e. The molecule has 2 rings (SSSR count). The van der Waals surface area contributed by atoms with Crippen LogP contribution >= 0.6 is 0 Å². The highest BCUT2D eigenvalue weighted by Gasteiger charge is 2.26. The first-order valence-electron chi connectivity index (χ1n) is 6.93. The average molecular weight is 266 g/mol. The number of hydrazone groups is 1. The molecule has 0 radical (unpaired) electrons. The second-order valence-corrected chi connectivity index (χ2v) is 5.58. The van der Waals surface area contributed by atoms with Gasteiger partial charge in [0.25, 0.3) is 5.91 Å². The van der Waals surface area contributed by atoms with Crippen LogP contribution in [0.3, 0.4) is 0 Å². The molecule has 6 heteroatoms. The van der Waals surface area contributed by atoms with Crippen molar-refractivity contribution >= 4 is 17.5 Å². The standard InChI is InChI=1S/C13H22N4O2/c1-10(2)9-16-5-7-17(8-6-16)13(19)11-3-4-12(18)15-14-11/h10H,3-9H2,1-2H3,(H,15,18). The number of carbonyl (C=O) groups is 2. The lowest BCUT2D eigenvalue weighted by Gasteiger charge is -2.35. The summed E-state index contributed by atoms with van der Waals surface area (Å²) in [4.78, 5) is 27.4. The summed E-state index contributed by atoms with van der Waals surface area (Å²) in [6.07, 6.45) is 0.814. The van der Waals surface area contributed by atoms with Crippen molar-refractivity contribution in [1.82, 2.24) is 15.2 Å². The number of hydrogen-bond donors (Lipinski definition) is 1. The third kappa shape index (κ3) is 3.76. The van der Waals surface area contributed by atoms with Gasteiger partial charge in [-0.25, -0.2) is 5.43 Å². The molecule has 1 fully saturated rings. The molecule has 106 valence electrons. The third-order valence-corrected chi connectivity index (χ3v) is 3.43. The Morgan fingerprint density at radius 1 is 1.26 bits per heavy atom. The molecule has 19 heavy (non-hydrogen) atoms. The first kappa shape index (κ1) is 14.0. The van der Waals surface area contributed by atoms with Crippen molar-refractivity contribution in [2.24, 2.45) is 11.0 Å². The molecule has 2 amide bonds. The fourth-order valence-corrected chi connectivity index (χ4v) is 2.46. The van der Waals surface area contributed by atoms with E-state index in [9.17, 15) is 9.59 Å². The molecule has 0 aromatic heterocycles. The topological polar surface area (TPSA) is 65.0 Å². The minimum Gasteiger partial charge on any atom is -0.335 e. The molecule has 6 nitrogen and oxygen atoms in total. The normalized spacial score (nSPS) is 21.3. The van der Waals surface area contributed by atoms with Gasteiger partial charge in [-0.15, -0.1) is 0 Å². The highest BCUT2D eigenvalue weighted by molar-refractivity contribution is 6.39.